The Bertz CT molecular complexity index is 613. The molecule has 0 radical (unpaired) electrons. The first-order valence-corrected chi connectivity index (χ1v) is 8.73. The lowest BCUT2D eigenvalue weighted by molar-refractivity contribution is 0.493. The predicted octanol–water partition coefficient (Wildman–Crippen LogP) is 4.78. The Morgan fingerprint density at radius 3 is 2.05 bits per heavy atom. The highest BCUT2D eigenvalue weighted by atomic mass is 32.2. The summed E-state index contributed by atoms with van der Waals surface area (Å²) in [4.78, 5) is 6.74. The number of benzene rings is 2. The summed E-state index contributed by atoms with van der Waals surface area (Å²) in [6.45, 7) is 0. The van der Waals surface area contributed by atoms with Crippen LogP contribution in [0.25, 0.3) is 0 Å². The van der Waals surface area contributed by atoms with Gasteiger partial charge in [-0.25, -0.2) is 0 Å². The fraction of sp³-hybridized carbons (Fsp3) is 0.235. The normalized spacial score (nSPS) is 24.3. The van der Waals surface area contributed by atoms with Crippen molar-refractivity contribution in [3.8, 4) is 0 Å². The molecule has 0 aromatic heterocycles. The predicted molar refractivity (Wildman–Crippen MR) is 94.7 cm³/mol. The van der Waals surface area contributed by atoms with E-state index in [0.717, 1.165) is 5.17 Å². The standard InChI is InChI=1S/C17H18N2S2/c1-18-17-19(2)15(13-9-5-3-6-10-13)20-16(21-17)14-11-7-4-8-12-14/h3-12,15-16H,1-2H3. The van der Waals surface area contributed by atoms with E-state index in [9.17, 15) is 0 Å². The molecule has 2 aromatic carbocycles. The van der Waals surface area contributed by atoms with Crippen molar-refractivity contribution in [2.45, 2.75) is 9.96 Å². The third-order valence-electron chi connectivity index (χ3n) is 3.47. The molecule has 0 amide bonds. The molecule has 1 aliphatic rings. The summed E-state index contributed by atoms with van der Waals surface area (Å²) >= 11 is 3.80. The van der Waals surface area contributed by atoms with Gasteiger partial charge in [-0.15, -0.1) is 11.8 Å². The van der Waals surface area contributed by atoms with Crippen molar-refractivity contribution in [2.24, 2.45) is 4.99 Å². The Hall–Kier alpha value is -1.39. The number of thioether (sulfide) groups is 2. The van der Waals surface area contributed by atoms with E-state index >= 15 is 0 Å². The molecule has 0 bridgehead atoms. The molecule has 2 aromatic rings. The summed E-state index contributed by atoms with van der Waals surface area (Å²) in [7, 11) is 4.00. The van der Waals surface area contributed by atoms with Crippen LogP contribution in [0.4, 0.5) is 0 Å². The van der Waals surface area contributed by atoms with E-state index in [4.69, 9.17) is 0 Å². The second-order valence-electron chi connectivity index (χ2n) is 4.88. The molecule has 2 atom stereocenters. The molecular weight excluding hydrogens is 296 g/mol. The van der Waals surface area contributed by atoms with Crippen molar-refractivity contribution in [3.63, 3.8) is 0 Å². The highest BCUT2D eigenvalue weighted by Gasteiger charge is 2.32. The van der Waals surface area contributed by atoms with Crippen LogP contribution in [0.3, 0.4) is 0 Å². The van der Waals surface area contributed by atoms with E-state index < -0.39 is 0 Å². The third kappa shape index (κ3) is 3.11. The van der Waals surface area contributed by atoms with Crippen LogP contribution in [-0.4, -0.2) is 24.2 Å². The molecule has 1 fully saturated rings. The van der Waals surface area contributed by atoms with Crippen molar-refractivity contribution >= 4 is 28.7 Å². The lowest BCUT2D eigenvalue weighted by atomic mass is 10.2. The van der Waals surface area contributed by atoms with Gasteiger partial charge in [0.15, 0.2) is 5.17 Å². The Morgan fingerprint density at radius 1 is 0.905 bits per heavy atom. The molecule has 1 heterocycles. The van der Waals surface area contributed by atoms with Crippen LogP contribution < -0.4 is 0 Å². The number of hydrogen-bond acceptors (Lipinski definition) is 3. The van der Waals surface area contributed by atoms with Gasteiger partial charge in [-0.3, -0.25) is 4.99 Å². The maximum atomic E-state index is 4.47. The Kier molecular flexibility index (Phi) is 4.56. The average molecular weight is 314 g/mol. The maximum Gasteiger partial charge on any atom is 0.161 e. The first-order valence-electron chi connectivity index (χ1n) is 6.91. The second kappa shape index (κ2) is 6.58. The Labute approximate surface area is 134 Å². The summed E-state index contributed by atoms with van der Waals surface area (Å²) < 4.78 is 0.381. The summed E-state index contributed by atoms with van der Waals surface area (Å²) in [5, 5.41) is 1.40. The maximum absolute atomic E-state index is 4.47. The molecule has 108 valence electrons. The summed E-state index contributed by atoms with van der Waals surface area (Å²) in [6, 6.07) is 21.3. The van der Waals surface area contributed by atoms with Gasteiger partial charge in [0, 0.05) is 14.1 Å². The van der Waals surface area contributed by atoms with E-state index in [2.05, 4.69) is 77.6 Å². The van der Waals surface area contributed by atoms with E-state index in [-0.39, 0.29) is 0 Å². The van der Waals surface area contributed by atoms with Crippen LogP contribution in [0.1, 0.15) is 21.1 Å². The molecule has 1 aliphatic heterocycles. The van der Waals surface area contributed by atoms with Crippen molar-refractivity contribution in [1.82, 2.24) is 4.90 Å². The van der Waals surface area contributed by atoms with Crippen molar-refractivity contribution < 1.29 is 0 Å². The topological polar surface area (TPSA) is 15.6 Å². The quantitative estimate of drug-likeness (QED) is 0.793. The average Bonchev–Trinajstić information content (AvgIpc) is 2.56. The molecule has 0 spiro atoms. The zero-order valence-electron chi connectivity index (χ0n) is 12.1. The van der Waals surface area contributed by atoms with Crippen LogP contribution in [0.2, 0.25) is 0 Å². The number of nitrogens with zero attached hydrogens (tertiary/aromatic N) is 2. The molecule has 1 saturated heterocycles. The summed E-state index contributed by atoms with van der Waals surface area (Å²) in [5.74, 6) is 0. The molecule has 0 saturated carbocycles. The molecule has 2 unspecified atom stereocenters. The van der Waals surface area contributed by atoms with E-state index in [1.165, 1.54) is 11.1 Å². The Morgan fingerprint density at radius 2 is 1.48 bits per heavy atom. The molecule has 2 nitrogen and oxygen atoms in total. The molecule has 21 heavy (non-hydrogen) atoms. The lowest BCUT2D eigenvalue weighted by Crippen LogP contribution is -2.31. The lowest BCUT2D eigenvalue weighted by Gasteiger charge is -2.38. The number of amidine groups is 1. The molecule has 0 aliphatic carbocycles. The first kappa shape index (κ1) is 14.5. The van der Waals surface area contributed by atoms with Crippen LogP contribution in [0.5, 0.6) is 0 Å². The van der Waals surface area contributed by atoms with Crippen molar-refractivity contribution in [2.75, 3.05) is 14.1 Å². The van der Waals surface area contributed by atoms with Gasteiger partial charge in [-0.2, -0.15) is 0 Å². The van der Waals surface area contributed by atoms with Crippen LogP contribution in [-0.2, 0) is 0 Å². The Balaban J connectivity index is 1.93. The highest BCUT2D eigenvalue weighted by molar-refractivity contribution is 8.25. The molecular formula is C17H18N2S2. The van der Waals surface area contributed by atoms with E-state index in [1.54, 1.807) is 0 Å². The van der Waals surface area contributed by atoms with Crippen LogP contribution in [0.15, 0.2) is 65.7 Å². The molecule has 3 rings (SSSR count). The largest absolute Gasteiger partial charge is 0.338 e. The molecule has 4 heteroatoms. The first-order chi connectivity index (χ1) is 10.3. The number of aliphatic imine (C=N–C) groups is 1. The number of rotatable bonds is 2. The zero-order chi connectivity index (χ0) is 14.7. The van der Waals surface area contributed by atoms with E-state index in [0.29, 0.717) is 9.96 Å². The van der Waals surface area contributed by atoms with Gasteiger partial charge < -0.3 is 4.90 Å². The van der Waals surface area contributed by atoms with Gasteiger partial charge in [0.05, 0.1) is 4.58 Å². The van der Waals surface area contributed by atoms with Gasteiger partial charge >= 0.3 is 0 Å². The van der Waals surface area contributed by atoms with Gasteiger partial charge in [0.25, 0.3) is 0 Å². The van der Waals surface area contributed by atoms with Crippen LogP contribution >= 0.6 is 23.5 Å². The fourth-order valence-corrected chi connectivity index (χ4v) is 5.27. The van der Waals surface area contributed by atoms with Gasteiger partial charge in [0.1, 0.15) is 5.37 Å². The minimum Gasteiger partial charge on any atom is -0.338 e. The molecule has 0 N–H and O–H groups in total. The van der Waals surface area contributed by atoms with Gasteiger partial charge in [-0.1, -0.05) is 72.4 Å². The van der Waals surface area contributed by atoms with Gasteiger partial charge in [-0.05, 0) is 11.1 Å². The van der Waals surface area contributed by atoms with Gasteiger partial charge in [0.2, 0.25) is 0 Å². The SMILES string of the molecule is CN=C1SC(c2ccccc2)SC(c2ccccc2)N1C. The second-order valence-corrected chi connectivity index (χ2v) is 7.44. The third-order valence-corrected chi connectivity index (χ3v) is 6.62. The monoisotopic (exact) mass is 314 g/mol. The van der Waals surface area contributed by atoms with Crippen molar-refractivity contribution in [1.29, 1.82) is 0 Å². The minimum atomic E-state index is 0.302. The fourth-order valence-electron chi connectivity index (χ4n) is 2.40. The smallest absolute Gasteiger partial charge is 0.161 e. The minimum absolute atomic E-state index is 0.302. The highest BCUT2D eigenvalue weighted by Crippen LogP contribution is 2.53. The summed E-state index contributed by atoms with van der Waals surface area (Å²) in [5.41, 5.74) is 2.68. The van der Waals surface area contributed by atoms with E-state index in [1.807, 2.05) is 30.6 Å². The van der Waals surface area contributed by atoms with Crippen molar-refractivity contribution in [3.05, 3.63) is 71.8 Å². The summed E-state index contributed by atoms with van der Waals surface area (Å²) in [6.07, 6.45) is 0. The van der Waals surface area contributed by atoms with Crippen LogP contribution in [0, 0.1) is 0 Å². The number of hydrogen-bond donors (Lipinski definition) is 0. The zero-order valence-corrected chi connectivity index (χ0v) is 13.8.